The third kappa shape index (κ3) is 3.40. The zero-order chi connectivity index (χ0) is 14.0. The van der Waals surface area contributed by atoms with Crippen LogP contribution in [0.3, 0.4) is 0 Å². The summed E-state index contributed by atoms with van der Waals surface area (Å²) in [6.45, 7) is 0.0657. The molecule has 0 aliphatic carbocycles. The number of rotatable bonds is 4. The fourth-order valence-electron chi connectivity index (χ4n) is 1.55. The van der Waals surface area contributed by atoms with E-state index in [0.717, 1.165) is 8.96 Å². The summed E-state index contributed by atoms with van der Waals surface area (Å²) in [5.74, 6) is -0.414. The smallest absolute Gasteiger partial charge is 0.306 e. The minimum absolute atomic E-state index is 0.0657. The average molecular weight is 412 g/mol. The third-order valence-electron chi connectivity index (χ3n) is 2.37. The van der Waals surface area contributed by atoms with Gasteiger partial charge in [-0.1, -0.05) is 23.2 Å². The maximum Gasteiger partial charge on any atom is 0.306 e. The molecule has 0 aliphatic heterocycles. The van der Waals surface area contributed by atoms with Crippen LogP contribution in [-0.2, 0) is 4.79 Å². The highest BCUT2D eigenvalue weighted by molar-refractivity contribution is 14.1. The molecule has 2 aromatic rings. The molecule has 1 N–H and O–H groups in total. The number of carbonyl (C=O) groups is 1. The Balaban J connectivity index is 2.46. The molecule has 2 rings (SSSR count). The number of ether oxygens (including phenoxy) is 1. The molecule has 7 heteroatoms. The fraction of sp³-hybridized carbons (Fsp3) is 0.167. The zero-order valence-corrected chi connectivity index (χ0v) is 13.2. The van der Waals surface area contributed by atoms with E-state index in [1.54, 1.807) is 18.2 Å². The van der Waals surface area contributed by atoms with Gasteiger partial charge in [0.1, 0.15) is 10.7 Å². The first-order valence-corrected chi connectivity index (χ1v) is 7.11. The van der Waals surface area contributed by atoms with Gasteiger partial charge < -0.3 is 9.84 Å². The molecule has 1 aromatic carbocycles. The van der Waals surface area contributed by atoms with Crippen LogP contribution < -0.4 is 4.74 Å². The lowest BCUT2D eigenvalue weighted by Gasteiger charge is -2.11. The first-order valence-electron chi connectivity index (χ1n) is 5.28. The Morgan fingerprint density at radius 2 is 2.16 bits per heavy atom. The van der Waals surface area contributed by atoms with Crippen LogP contribution in [0.25, 0.3) is 10.9 Å². The van der Waals surface area contributed by atoms with Crippen LogP contribution in [0.1, 0.15) is 6.42 Å². The monoisotopic (exact) mass is 411 g/mol. The lowest BCUT2D eigenvalue weighted by molar-refractivity contribution is -0.137. The van der Waals surface area contributed by atoms with E-state index < -0.39 is 5.97 Å². The molecule has 1 aromatic heterocycles. The Morgan fingerprint density at radius 1 is 1.42 bits per heavy atom. The van der Waals surface area contributed by atoms with E-state index in [1.165, 1.54) is 0 Å². The number of aromatic nitrogens is 1. The van der Waals surface area contributed by atoms with Crippen molar-refractivity contribution in [1.29, 1.82) is 0 Å². The number of fused-ring (bicyclic) bond motifs is 1. The molecule has 0 unspecified atom stereocenters. The molecule has 0 fully saturated rings. The molecule has 0 radical (unpaired) electrons. The lowest BCUT2D eigenvalue weighted by Crippen LogP contribution is -2.06. The number of carboxylic acids is 1. The van der Waals surface area contributed by atoms with Gasteiger partial charge in [-0.05, 0) is 40.8 Å². The van der Waals surface area contributed by atoms with Crippen molar-refractivity contribution in [2.45, 2.75) is 6.42 Å². The molecule has 0 saturated heterocycles. The molecule has 19 heavy (non-hydrogen) atoms. The quantitative estimate of drug-likeness (QED) is 0.610. The van der Waals surface area contributed by atoms with Crippen LogP contribution in [0.2, 0.25) is 10.2 Å². The van der Waals surface area contributed by atoms with Crippen LogP contribution in [0.4, 0.5) is 0 Å². The molecule has 0 bridgehead atoms. The minimum Gasteiger partial charge on any atom is -0.490 e. The summed E-state index contributed by atoms with van der Waals surface area (Å²) >= 11 is 14.1. The number of pyridine rings is 1. The molecule has 4 nitrogen and oxygen atoms in total. The number of aliphatic carboxylic acids is 1. The molecule has 1 heterocycles. The largest absolute Gasteiger partial charge is 0.490 e. The Kier molecular flexibility index (Phi) is 4.70. The van der Waals surface area contributed by atoms with Crippen LogP contribution >= 0.6 is 45.8 Å². The van der Waals surface area contributed by atoms with Gasteiger partial charge in [-0.2, -0.15) is 0 Å². The first-order chi connectivity index (χ1) is 8.99. The number of halogens is 3. The van der Waals surface area contributed by atoms with Gasteiger partial charge in [0, 0.05) is 5.39 Å². The van der Waals surface area contributed by atoms with Crippen molar-refractivity contribution in [2.24, 2.45) is 0 Å². The molecule has 0 atom stereocenters. The number of hydrogen-bond acceptors (Lipinski definition) is 3. The molecule has 0 spiro atoms. The van der Waals surface area contributed by atoms with Crippen molar-refractivity contribution in [1.82, 2.24) is 4.98 Å². The summed E-state index contributed by atoms with van der Waals surface area (Å²) < 4.78 is 6.26. The Bertz CT molecular complexity index is 648. The highest BCUT2D eigenvalue weighted by atomic mass is 127. The zero-order valence-electron chi connectivity index (χ0n) is 9.49. The summed E-state index contributed by atoms with van der Waals surface area (Å²) in [6, 6.07) is 5.15. The average Bonchev–Trinajstić information content (AvgIpc) is 2.32. The van der Waals surface area contributed by atoms with Gasteiger partial charge in [0.25, 0.3) is 0 Å². The van der Waals surface area contributed by atoms with Gasteiger partial charge in [-0.25, -0.2) is 4.98 Å². The van der Waals surface area contributed by atoms with Gasteiger partial charge in [-0.3, -0.25) is 4.79 Å². The van der Waals surface area contributed by atoms with Crippen LogP contribution in [0.5, 0.6) is 5.75 Å². The lowest BCUT2D eigenvalue weighted by atomic mass is 10.2. The van der Waals surface area contributed by atoms with Crippen LogP contribution in [0.15, 0.2) is 18.2 Å². The SMILES string of the molecule is O=C(O)CCOc1c(I)cc(Cl)c2ccc(Cl)nc12. The van der Waals surface area contributed by atoms with Crippen molar-refractivity contribution in [3.8, 4) is 5.75 Å². The second-order valence-corrected chi connectivity index (χ2v) is 5.65. The molecular formula is C12H8Cl2INO3. The van der Waals surface area contributed by atoms with Gasteiger partial charge >= 0.3 is 5.97 Å². The molecule has 0 saturated carbocycles. The Morgan fingerprint density at radius 3 is 2.84 bits per heavy atom. The molecule has 0 aliphatic rings. The van der Waals surface area contributed by atoms with E-state index >= 15 is 0 Å². The Hall–Kier alpha value is -0.790. The number of nitrogens with zero attached hydrogens (tertiary/aromatic N) is 1. The normalized spacial score (nSPS) is 10.7. The van der Waals surface area contributed by atoms with Gasteiger partial charge in [-0.15, -0.1) is 0 Å². The van der Waals surface area contributed by atoms with E-state index in [-0.39, 0.29) is 13.0 Å². The molecular weight excluding hydrogens is 404 g/mol. The van der Waals surface area contributed by atoms with E-state index in [0.29, 0.717) is 21.4 Å². The second-order valence-electron chi connectivity index (χ2n) is 3.69. The predicted molar refractivity (Wildman–Crippen MR) is 82.2 cm³/mol. The van der Waals surface area contributed by atoms with Crippen LogP contribution in [-0.4, -0.2) is 22.7 Å². The number of carboxylic acid groups (broad SMARTS) is 1. The highest BCUT2D eigenvalue weighted by Crippen LogP contribution is 2.35. The summed E-state index contributed by atoms with van der Waals surface area (Å²) in [7, 11) is 0. The van der Waals surface area contributed by atoms with Gasteiger partial charge in [0.15, 0.2) is 5.75 Å². The van der Waals surface area contributed by atoms with Gasteiger partial charge in [0.05, 0.1) is 21.6 Å². The highest BCUT2D eigenvalue weighted by Gasteiger charge is 2.13. The molecule has 0 amide bonds. The standard InChI is InChI=1S/C12H8Cl2INO3/c13-7-5-8(15)12(19-4-3-10(17)18)11-6(7)1-2-9(14)16-11/h1-2,5H,3-4H2,(H,17,18). The third-order valence-corrected chi connectivity index (χ3v) is 3.69. The summed E-state index contributed by atoms with van der Waals surface area (Å²) in [4.78, 5) is 14.7. The predicted octanol–water partition coefficient (Wildman–Crippen LogP) is 4.00. The van der Waals surface area contributed by atoms with E-state index in [1.807, 2.05) is 0 Å². The van der Waals surface area contributed by atoms with Crippen molar-refractivity contribution < 1.29 is 14.6 Å². The fourth-order valence-corrected chi connectivity index (χ4v) is 2.86. The summed E-state index contributed by atoms with van der Waals surface area (Å²) in [5, 5.41) is 10.2. The van der Waals surface area contributed by atoms with E-state index in [2.05, 4.69) is 27.6 Å². The van der Waals surface area contributed by atoms with Crippen molar-refractivity contribution in [3.63, 3.8) is 0 Å². The van der Waals surface area contributed by atoms with Gasteiger partial charge in [0.2, 0.25) is 0 Å². The van der Waals surface area contributed by atoms with Crippen molar-refractivity contribution >= 4 is 62.7 Å². The molecule has 100 valence electrons. The number of benzene rings is 1. The minimum atomic E-state index is -0.917. The number of hydrogen-bond donors (Lipinski definition) is 1. The first kappa shape index (κ1) is 14.6. The Labute approximate surface area is 132 Å². The van der Waals surface area contributed by atoms with Crippen molar-refractivity contribution in [2.75, 3.05) is 6.61 Å². The maximum atomic E-state index is 10.5. The van der Waals surface area contributed by atoms with E-state index in [4.69, 9.17) is 33.0 Å². The van der Waals surface area contributed by atoms with E-state index in [9.17, 15) is 4.79 Å². The topological polar surface area (TPSA) is 59.4 Å². The maximum absolute atomic E-state index is 10.5. The second kappa shape index (κ2) is 6.11. The van der Waals surface area contributed by atoms with Crippen LogP contribution in [0, 0.1) is 3.57 Å². The van der Waals surface area contributed by atoms with Crippen molar-refractivity contribution in [3.05, 3.63) is 31.9 Å². The summed E-state index contributed by atoms with van der Waals surface area (Å²) in [5.41, 5.74) is 0.537. The summed E-state index contributed by atoms with van der Waals surface area (Å²) in [6.07, 6.45) is -0.0826.